The molecule has 1 unspecified atom stereocenters. The average Bonchev–Trinajstić information content (AvgIpc) is 2.86. The third kappa shape index (κ3) is 1.74. The third-order valence-electron chi connectivity index (χ3n) is 3.01. The summed E-state index contributed by atoms with van der Waals surface area (Å²) in [4.78, 5) is 15.8. The van der Waals surface area contributed by atoms with Crippen molar-refractivity contribution in [3.05, 3.63) is 23.1 Å². The van der Waals surface area contributed by atoms with E-state index >= 15 is 0 Å². The van der Waals surface area contributed by atoms with Crippen LogP contribution in [0, 0.1) is 0 Å². The summed E-state index contributed by atoms with van der Waals surface area (Å²) in [6.45, 7) is -0.472. The molecule has 1 atom stereocenters. The first kappa shape index (κ1) is 12.2. The molecular formula is C10H6ClF3N4O. The zero-order chi connectivity index (χ0) is 13.8. The van der Waals surface area contributed by atoms with Crippen LogP contribution in [0.15, 0.2) is 12.3 Å². The zero-order valence-electron chi connectivity index (χ0n) is 9.23. The summed E-state index contributed by atoms with van der Waals surface area (Å²) >= 11 is 5.68. The Morgan fingerprint density at radius 3 is 2.84 bits per heavy atom. The molecule has 100 valence electrons. The van der Waals surface area contributed by atoms with Crippen LogP contribution >= 0.6 is 11.6 Å². The van der Waals surface area contributed by atoms with E-state index in [0.29, 0.717) is 6.41 Å². The van der Waals surface area contributed by atoms with Crippen molar-refractivity contribution >= 4 is 29.3 Å². The second-order valence-electron chi connectivity index (χ2n) is 4.12. The van der Waals surface area contributed by atoms with Crippen LogP contribution in [0.4, 0.5) is 18.9 Å². The van der Waals surface area contributed by atoms with E-state index in [1.54, 1.807) is 0 Å². The Morgan fingerprint density at radius 2 is 2.21 bits per heavy atom. The SMILES string of the molecule is O=CN1CC(C(F)(F)F)c2c1cnc1cc(Cl)nn21. The Labute approximate surface area is 109 Å². The van der Waals surface area contributed by atoms with Crippen molar-refractivity contribution < 1.29 is 18.0 Å². The minimum atomic E-state index is -4.47. The van der Waals surface area contributed by atoms with Gasteiger partial charge in [-0.25, -0.2) is 9.50 Å². The predicted octanol–water partition coefficient (Wildman–Crippen LogP) is 2.00. The maximum atomic E-state index is 13.0. The molecule has 2 aromatic heterocycles. The number of amides is 1. The summed E-state index contributed by atoms with van der Waals surface area (Å²) in [7, 11) is 0. The van der Waals surface area contributed by atoms with E-state index in [-0.39, 0.29) is 22.2 Å². The Hall–Kier alpha value is -1.83. The van der Waals surface area contributed by atoms with E-state index in [2.05, 4.69) is 10.1 Å². The fraction of sp³-hybridized carbons (Fsp3) is 0.300. The molecule has 0 saturated carbocycles. The monoisotopic (exact) mass is 290 g/mol. The Kier molecular flexibility index (Phi) is 2.46. The molecule has 9 heteroatoms. The minimum absolute atomic E-state index is 0.0476. The molecule has 1 amide bonds. The fourth-order valence-electron chi connectivity index (χ4n) is 2.20. The van der Waals surface area contributed by atoms with Crippen molar-refractivity contribution in [2.24, 2.45) is 0 Å². The molecule has 0 fully saturated rings. The Bertz CT molecular complexity index is 669. The molecule has 0 radical (unpaired) electrons. The fourth-order valence-corrected chi connectivity index (χ4v) is 2.37. The third-order valence-corrected chi connectivity index (χ3v) is 3.20. The van der Waals surface area contributed by atoms with Gasteiger partial charge in [0.2, 0.25) is 6.41 Å². The number of carbonyl (C=O) groups excluding carboxylic acids is 1. The lowest BCUT2D eigenvalue weighted by molar-refractivity contribution is -0.147. The molecule has 0 bridgehead atoms. The number of carbonyl (C=O) groups is 1. The number of hydrogen-bond acceptors (Lipinski definition) is 3. The van der Waals surface area contributed by atoms with Gasteiger partial charge in [-0.3, -0.25) is 4.79 Å². The summed E-state index contributed by atoms with van der Waals surface area (Å²) in [6.07, 6.45) is -2.90. The molecule has 1 aliphatic rings. The second-order valence-corrected chi connectivity index (χ2v) is 4.50. The van der Waals surface area contributed by atoms with Gasteiger partial charge in [-0.05, 0) is 0 Å². The summed E-state index contributed by atoms with van der Waals surface area (Å²) in [6, 6.07) is 1.36. The summed E-state index contributed by atoms with van der Waals surface area (Å²) in [5.41, 5.74) is 0.201. The lowest BCUT2D eigenvalue weighted by atomic mass is 10.1. The smallest absolute Gasteiger partial charge is 0.311 e. The van der Waals surface area contributed by atoms with Gasteiger partial charge in [-0.2, -0.15) is 18.3 Å². The van der Waals surface area contributed by atoms with Crippen molar-refractivity contribution in [3.63, 3.8) is 0 Å². The highest BCUT2D eigenvalue weighted by Crippen LogP contribution is 2.44. The number of halogens is 4. The van der Waals surface area contributed by atoms with Gasteiger partial charge in [0.15, 0.2) is 10.8 Å². The molecule has 0 N–H and O–H groups in total. The van der Waals surface area contributed by atoms with E-state index < -0.39 is 18.6 Å². The maximum Gasteiger partial charge on any atom is 0.399 e. The maximum absolute atomic E-state index is 13.0. The van der Waals surface area contributed by atoms with Gasteiger partial charge in [0.05, 0.1) is 17.6 Å². The lowest BCUT2D eigenvalue weighted by Gasteiger charge is -2.15. The van der Waals surface area contributed by atoms with Crippen molar-refractivity contribution in [1.82, 2.24) is 14.6 Å². The van der Waals surface area contributed by atoms with Gasteiger partial charge >= 0.3 is 6.18 Å². The van der Waals surface area contributed by atoms with Crippen LogP contribution < -0.4 is 4.90 Å². The highest BCUT2D eigenvalue weighted by atomic mass is 35.5. The molecule has 0 spiro atoms. The van der Waals surface area contributed by atoms with Crippen LogP contribution in [-0.4, -0.2) is 33.7 Å². The normalized spacial score (nSPS) is 18.9. The van der Waals surface area contributed by atoms with Gasteiger partial charge in [-0.1, -0.05) is 11.6 Å². The molecule has 1 aliphatic heterocycles. The van der Waals surface area contributed by atoms with Crippen LogP contribution in [0.2, 0.25) is 5.15 Å². The first-order valence-corrected chi connectivity index (χ1v) is 5.62. The van der Waals surface area contributed by atoms with Crippen LogP contribution in [0.3, 0.4) is 0 Å². The quantitative estimate of drug-likeness (QED) is 0.755. The highest BCUT2D eigenvalue weighted by molar-refractivity contribution is 6.29. The van der Waals surface area contributed by atoms with Crippen molar-refractivity contribution in [3.8, 4) is 0 Å². The summed E-state index contributed by atoms with van der Waals surface area (Å²) in [5, 5.41) is 3.84. The molecule has 0 aliphatic carbocycles. The number of alkyl halides is 3. The van der Waals surface area contributed by atoms with E-state index in [4.69, 9.17) is 11.6 Å². The van der Waals surface area contributed by atoms with E-state index in [1.807, 2.05) is 0 Å². The summed E-state index contributed by atoms with van der Waals surface area (Å²) < 4.78 is 40.2. The van der Waals surface area contributed by atoms with E-state index in [9.17, 15) is 18.0 Å². The van der Waals surface area contributed by atoms with Gasteiger partial charge in [0.1, 0.15) is 5.92 Å². The largest absolute Gasteiger partial charge is 0.399 e. The number of fused-ring (bicyclic) bond motifs is 3. The second kappa shape index (κ2) is 3.83. The van der Waals surface area contributed by atoms with Crippen LogP contribution in [0.5, 0.6) is 0 Å². The van der Waals surface area contributed by atoms with Crippen molar-refractivity contribution in [2.75, 3.05) is 11.4 Å². The Balaban J connectivity index is 2.30. The lowest BCUT2D eigenvalue weighted by Crippen LogP contribution is -2.27. The predicted molar refractivity (Wildman–Crippen MR) is 60.2 cm³/mol. The van der Waals surface area contributed by atoms with Gasteiger partial charge in [0.25, 0.3) is 0 Å². The number of nitrogens with zero attached hydrogens (tertiary/aromatic N) is 4. The number of rotatable bonds is 1. The average molecular weight is 291 g/mol. The molecular weight excluding hydrogens is 285 g/mol. The Morgan fingerprint density at radius 1 is 1.47 bits per heavy atom. The number of aromatic nitrogens is 3. The van der Waals surface area contributed by atoms with Gasteiger partial charge in [0, 0.05) is 12.6 Å². The molecule has 3 heterocycles. The standard InChI is InChI=1S/C10H6ClF3N4O/c11-7-1-8-15-2-6-9(18(8)16-7)5(10(12,13)14)3-17(6)4-19/h1-2,4-5H,3H2. The van der Waals surface area contributed by atoms with Gasteiger partial charge < -0.3 is 4.90 Å². The zero-order valence-corrected chi connectivity index (χ0v) is 9.98. The molecule has 2 aromatic rings. The van der Waals surface area contributed by atoms with Crippen LogP contribution in [0.1, 0.15) is 11.6 Å². The first-order chi connectivity index (χ1) is 8.91. The van der Waals surface area contributed by atoms with Crippen LogP contribution in [-0.2, 0) is 4.79 Å². The van der Waals surface area contributed by atoms with E-state index in [0.717, 1.165) is 9.42 Å². The van der Waals surface area contributed by atoms with Crippen molar-refractivity contribution in [1.29, 1.82) is 0 Å². The molecule has 19 heavy (non-hydrogen) atoms. The molecule has 5 nitrogen and oxygen atoms in total. The summed E-state index contributed by atoms with van der Waals surface area (Å²) in [5.74, 6) is -1.80. The van der Waals surface area contributed by atoms with Crippen molar-refractivity contribution in [2.45, 2.75) is 12.1 Å². The number of anilines is 1. The number of hydrogen-bond donors (Lipinski definition) is 0. The minimum Gasteiger partial charge on any atom is -0.311 e. The molecule has 3 rings (SSSR count). The first-order valence-electron chi connectivity index (χ1n) is 5.24. The topological polar surface area (TPSA) is 50.5 Å². The molecule has 0 aromatic carbocycles. The van der Waals surface area contributed by atoms with Gasteiger partial charge in [-0.15, -0.1) is 0 Å². The van der Waals surface area contributed by atoms with E-state index in [1.165, 1.54) is 12.3 Å². The van der Waals surface area contributed by atoms with Crippen LogP contribution in [0.25, 0.3) is 5.65 Å². The molecule has 0 saturated heterocycles. The highest BCUT2D eigenvalue weighted by Gasteiger charge is 2.49.